The van der Waals surface area contributed by atoms with Crippen molar-refractivity contribution in [1.82, 2.24) is 5.32 Å². The van der Waals surface area contributed by atoms with Crippen LogP contribution in [0.1, 0.15) is 30.0 Å². The lowest BCUT2D eigenvalue weighted by atomic mass is 9.87. The van der Waals surface area contributed by atoms with Gasteiger partial charge in [-0.2, -0.15) is 0 Å². The standard InChI is InChI=1S/C15H23NO3S/c1-16-15-13-7-4-3-6-12(13)8-9-14(15)20(17,18)11-5-10-19-2/h3-4,6-7,14-16H,5,8-11H2,1-2H3. The Morgan fingerprint density at radius 1 is 1.35 bits per heavy atom. The molecule has 5 heteroatoms. The lowest BCUT2D eigenvalue weighted by Gasteiger charge is -2.33. The molecule has 0 amide bonds. The smallest absolute Gasteiger partial charge is 0.155 e. The average molecular weight is 297 g/mol. The Kier molecular flexibility index (Phi) is 5.18. The molecule has 112 valence electrons. The Balaban J connectivity index is 2.21. The molecule has 0 saturated carbocycles. The Hall–Kier alpha value is -0.910. The Bertz CT molecular complexity index is 542. The number of methoxy groups -OCH3 is 1. The molecule has 20 heavy (non-hydrogen) atoms. The first-order valence-corrected chi connectivity index (χ1v) is 8.77. The zero-order valence-corrected chi connectivity index (χ0v) is 12.9. The fourth-order valence-corrected chi connectivity index (χ4v) is 5.01. The second-order valence-electron chi connectivity index (χ2n) is 5.26. The molecule has 4 nitrogen and oxygen atoms in total. The zero-order valence-electron chi connectivity index (χ0n) is 12.1. The summed E-state index contributed by atoms with van der Waals surface area (Å²) in [4.78, 5) is 0. The van der Waals surface area contributed by atoms with E-state index in [1.54, 1.807) is 7.11 Å². The van der Waals surface area contributed by atoms with Crippen LogP contribution in [0.4, 0.5) is 0 Å². The van der Waals surface area contributed by atoms with Crippen LogP contribution in [0, 0.1) is 0 Å². The molecule has 0 saturated heterocycles. The summed E-state index contributed by atoms with van der Waals surface area (Å²) in [5.41, 5.74) is 2.39. The van der Waals surface area contributed by atoms with Crippen LogP contribution in [0.15, 0.2) is 24.3 Å². The van der Waals surface area contributed by atoms with E-state index in [-0.39, 0.29) is 17.0 Å². The topological polar surface area (TPSA) is 55.4 Å². The van der Waals surface area contributed by atoms with E-state index in [1.807, 2.05) is 25.2 Å². The maximum absolute atomic E-state index is 12.5. The molecule has 2 rings (SSSR count). The molecule has 1 aromatic rings. The van der Waals surface area contributed by atoms with Crippen LogP contribution in [-0.4, -0.2) is 40.2 Å². The van der Waals surface area contributed by atoms with Gasteiger partial charge in [-0.15, -0.1) is 0 Å². The third kappa shape index (κ3) is 3.22. The number of sulfone groups is 1. The fourth-order valence-electron chi connectivity index (χ4n) is 3.01. The van der Waals surface area contributed by atoms with Crippen molar-refractivity contribution < 1.29 is 13.2 Å². The molecule has 1 N–H and O–H groups in total. The van der Waals surface area contributed by atoms with Crippen LogP contribution in [0.3, 0.4) is 0 Å². The third-order valence-corrected chi connectivity index (χ3v) is 6.30. The van der Waals surface area contributed by atoms with Crippen LogP contribution in [-0.2, 0) is 21.0 Å². The largest absolute Gasteiger partial charge is 0.385 e. The van der Waals surface area contributed by atoms with Crippen molar-refractivity contribution in [1.29, 1.82) is 0 Å². The average Bonchev–Trinajstić information content (AvgIpc) is 2.46. The molecule has 0 spiro atoms. The van der Waals surface area contributed by atoms with Crippen LogP contribution in [0.5, 0.6) is 0 Å². The van der Waals surface area contributed by atoms with Crippen LogP contribution in [0.2, 0.25) is 0 Å². The van der Waals surface area contributed by atoms with Gasteiger partial charge in [-0.25, -0.2) is 8.42 Å². The van der Waals surface area contributed by atoms with Crippen LogP contribution >= 0.6 is 0 Å². The SMILES string of the molecule is CNC1c2ccccc2CCC1S(=O)(=O)CCCOC. The predicted molar refractivity (Wildman–Crippen MR) is 80.6 cm³/mol. The minimum atomic E-state index is -3.10. The Morgan fingerprint density at radius 2 is 2.10 bits per heavy atom. The second-order valence-corrected chi connectivity index (χ2v) is 7.60. The van der Waals surface area contributed by atoms with Crippen molar-refractivity contribution in [3.63, 3.8) is 0 Å². The maximum atomic E-state index is 12.5. The predicted octanol–water partition coefficient (Wildman–Crippen LogP) is 1.71. The number of benzene rings is 1. The molecule has 1 aromatic carbocycles. The number of hydrogen-bond acceptors (Lipinski definition) is 4. The zero-order chi connectivity index (χ0) is 14.6. The molecule has 2 atom stereocenters. The number of nitrogens with one attached hydrogen (secondary N) is 1. The van der Waals surface area contributed by atoms with Gasteiger partial charge >= 0.3 is 0 Å². The quantitative estimate of drug-likeness (QED) is 0.812. The van der Waals surface area contributed by atoms with E-state index in [0.717, 1.165) is 12.0 Å². The van der Waals surface area contributed by atoms with Crippen molar-refractivity contribution >= 4 is 9.84 Å². The summed E-state index contributed by atoms with van der Waals surface area (Å²) in [5, 5.41) is 2.86. The summed E-state index contributed by atoms with van der Waals surface area (Å²) >= 11 is 0. The molecule has 0 fully saturated rings. The summed E-state index contributed by atoms with van der Waals surface area (Å²) in [5.74, 6) is 0.200. The van der Waals surface area contributed by atoms with Gasteiger partial charge in [-0.05, 0) is 37.4 Å². The number of rotatable bonds is 6. The summed E-state index contributed by atoms with van der Waals surface area (Å²) in [6.07, 6.45) is 2.09. The van der Waals surface area contributed by atoms with E-state index in [9.17, 15) is 8.42 Å². The lowest BCUT2D eigenvalue weighted by Crippen LogP contribution is -2.40. The Morgan fingerprint density at radius 3 is 2.80 bits per heavy atom. The number of aryl methyl sites for hydroxylation is 1. The Labute approximate surface area is 121 Å². The molecule has 2 unspecified atom stereocenters. The van der Waals surface area contributed by atoms with Gasteiger partial charge in [0.2, 0.25) is 0 Å². The van der Waals surface area contributed by atoms with Gasteiger partial charge in [0.1, 0.15) is 0 Å². The van der Waals surface area contributed by atoms with E-state index in [1.165, 1.54) is 5.56 Å². The molecule has 0 radical (unpaired) electrons. The minimum Gasteiger partial charge on any atom is -0.385 e. The highest BCUT2D eigenvalue weighted by Gasteiger charge is 2.36. The van der Waals surface area contributed by atoms with Crippen molar-refractivity contribution in [3.8, 4) is 0 Å². The van der Waals surface area contributed by atoms with Gasteiger partial charge in [0.25, 0.3) is 0 Å². The monoisotopic (exact) mass is 297 g/mol. The normalized spacial score (nSPS) is 22.5. The summed E-state index contributed by atoms with van der Waals surface area (Å²) < 4.78 is 30.0. The first-order valence-electron chi connectivity index (χ1n) is 7.05. The first kappa shape index (κ1) is 15.5. The van der Waals surface area contributed by atoms with Crippen molar-refractivity contribution in [2.24, 2.45) is 0 Å². The third-order valence-electron chi connectivity index (χ3n) is 4.01. The molecule has 0 aromatic heterocycles. The molecule has 0 bridgehead atoms. The van der Waals surface area contributed by atoms with Gasteiger partial charge in [0.15, 0.2) is 9.84 Å². The van der Waals surface area contributed by atoms with E-state index < -0.39 is 9.84 Å². The fraction of sp³-hybridized carbons (Fsp3) is 0.600. The highest BCUT2D eigenvalue weighted by atomic mass is 32.2. The highest BCUT2D eigenvalue weighted by molar-refractivity contribution is 7.92. The van der Waals surface area contributed by atoms with Crippen LogP contribution in [0.25, 0.3) is 0 Å². The number of fused-ring (bicyclic) bond motifs is 1. The molecular weight excluding hydrogens is 274 g/mol. The highest BCUT2D eigenvalue weighted by Crippen LogP contribution is 2.34. The summed E-state index contributed by atoms with van der Waals surface area (Å²) in [6, 6.07) is 8.01. The van der Waals surface area contributed by atoms with Crippen molar-refractivity contribution in [2.45, 2.75) is 30.6 Å². The molecular formula is C15H23NO3S. The molecule has 1 aliphatic rings. The van der Waals surface area contributed by atoms with E-state index in [4.69, 9.17) is 4.74 Å². The van der Waals surface area contributed by atoms with Gasteiger partial charge in [0.05, 0.1) is 11.0 Å². The molecule has 0 aliphatic heterocycles. The van der Waals surface area contributed by atoms with E-state index >= 15 is 0 Å². The molecule has 1 aliphatic carbocycles. The minimum absolute atomic E-state index is 0.104. The number of hydrogen-bond donors (Lipinski definition) is 1. The van der Waals surface area contributed by atoms with E-state index in [0.29, 0.717) is 19.4 Å². The maximum Gasteiger partial charge on any atom is 0.155 e. The van der Waals surface area contributed by atoms with Crippen LogP contribution < -0.4 is 5.32 Å². The van der Waals surface area contributed by atoms with Gasteiger partial charge < -0.3 is 10.1 Å². The van der Waals surface area contributed by atoms with Gasteiger partial charge in [-0.3, -0.25) is 0 Å². The van der Waals surface area contributed by atoms with Crippen molar-refractivity contribution in [3.05, 3.63) is 35.4 Å². The summed E-state index contributed by atoms with van der Waals surface area (Å²) in [7, 11) is 0.333. The number of ether oxygens (including phenoxy) is 1. The van der Waals surface area contributed by atoms with Gasteiger partial charge in [-0.1, -0.05) is 24.3 Å². The summed E-state index contributed by atoms with van der Waals surface area (Å²) in [6.45, 7) is 0.493. The first-order chi connectivity index (χ1) is 9.60. The molecule has 0 heterocycles. The van der Waals surface area contributed by atoms with Gasteiger partial charge in [0, 0.05) is 19.8 Å². The van der Waals surface area contributed by atoms with Crippen molar-refractivity contribution in [2.75, 3.05) is 26.5 Å². The second kappa shape index (κ2) is 6.70. The van der Waals surface area contributed by atoms with E-state index in [2.05, 4.69) is 11.4 Å². The lowest BCUT2D eigenvalue weighted by molar-refractivity contribution is 0.199.